The van der Waals surface area contributed by atoms with Crippen LogP contribution in [0.4, 0.5) is 13.2 Å². The monoisotopic (exact) mass is 261 g/mol. The van der Waals surface area contributed by atoms with Crippen molar-refractivity contribution in [2.24, 2.45) is 0 Å². The molecule has 6 heteroatoms. The van der Waals surface area contributed by atoms with E-state index in [0.29, 0.717) is 18.7 Å². The van der Waals surface area contributed by atoms with Crippen molar-refractivity contribution in [1.82, 2.24) is 5.32 Å². The first kappa shape index (κ1) is 13.2. The van der Waals surface area contributed by atoms with E-state index in [1.54, 1.807) is 0 Å². The van der Waals surface area contributed by atoms with Gasteiger partial charge in [0.15, 0.2) is 0 Å². The third-order valence-electron chi connectivity index (χ3n) is 2.89. The van der Waals surface area contributed by atoms with Crippen LogP contribution in [0.1, 0.15) is 12.0 Å². The third kappa shape index (κ3) is 3.14. The second kappa shape index (κ2) is 5.16. The fourth-order valence-electron chi connectivity index (χ4n) is 1.93. The van der Waals surface area contributed by atoms with Crippen LogP contribution in [-0.2, 0) is 6.18 Å². The molecule has 3 nitrogen and oxygen atoms in total. The van der Waals surface area contributed by atoms with Crippen molar-refractivity contribution in [1.29, 1.82) is 0 Å². The highest BCUT2D eigenvalue weighted by atomic mass is 19.4. The smallest absolute Gasteiger partial charge is 0.416 e. The molecule has 0 spiro atoms. The van der Waals surface area contributed by atoms with E-state index < -0.39 is 11.7 Å². The number of hydrogen-bond donors (Lipinski definition) is 2. The lowest BCUT2D eigenvalue weighted by Crippen LogP contribution is -2.25. The minimum absolute atomic E-state index is 0.00412. The van der Waals surface area contributed by atoms with Crippen LogP contribution in [0.15, 0.2) is 24.3 Å². The SMILES string of the molecule is OC[C@@H]1C[C@@H](Oc2ccc(C(F)(F)F)cc2)CN1. The van der Waals surface area contributed by atoms with Crippen molar-refractivity contribution in [3.63, 3.8) is 0 Å². The molecule has 1 saturated heterocycles. The Balaban J connectivity index is 1.95. The molecular formula is C12H14F3NO2. The first-order valence-corrected chi connectivity index (χ1v) is 5.67. The molecular weight excluding hydrogens is 247 g/mol. The van der Waals surface area contributed by atoms with Gasteiger partial charge in [0.1, 0.15) is 11.9 Å². The Labute approximate surface area is 103 Å². The van der Waals surface area contributed by atoms with Crippen molar-refractivity contribution in [2.45, 2.75) is 24.7 Å². The lowest BCUT2D eigenvalue weighted by atomic mass is 10.2. The number of aliphatic hydroxyl groups is 1. The summed E-state index contributed by atoms with van der Waals surface area (Å²) in [5.74, 6) is 0.411. The lowest BCUT2D eigenvalue weighted by molar-refractivity contribution is -0.137. The Kier molecular flexibility index (Phi) is 3.77. The molecule has 0 amide bonds. The van der Waals surface area contributed by atoms with Crippen LogP contribution in [0.25, 0.3) is 0 Å². The van der Waals surface area contributed by atoms with Gasteiger partial charge in [-0.15, -0.1) is 0 Å². The molecule has 1 aliphatic heterocycles. The van der Waals surface area contributed by atoms with Gasteiger partial charge in [-0.1, -0.05) is 0 Å². The Bertz CT molecular complexity index is 391. The van der Waals surface area contributed by atoms with Gasteiger partial charge in [0.25, 0.3) is 0 Å². The number of ether oxygens (including phenoxy) is 1. The highest BCUT2D eigenvalue weighted by Gasteiger charge is 2.30. The molecule has 2 atom stereocenters. The van der Waals surface area contributed by atoms with Gasteiger partial charge in [-0.2, -0.15) is 13.2 Å². The van der Waals surface area contributed by atoms with Gasteiger partial charge >= 0.3 is 6.18 Å². The molecule has 1 aromatic rings. The zero-order valence-corrected chi connectivity index (χ0v) is 9.57. The predicted molar refractivity (Wildman–Crippen MR) is 59.4 cm³/mol. The van der Waals surface area contributed by atoms with Crippen molar-refractivity contribution < 1.29 is 23.0 Å². The Hall–Kier alpha value is -1.27. The van der Waals surface area contributed by atoms with Gasteiger partial charge in [-0.05, 0) is 24.3 Å². The summed E-state index contributed by atoms with van der Waals surface area (Å²) in [4.78, 5) is 0. The maximum atomic E-state index is 12.3. The summed E-state index contributed by atoms with van der Waals surface area (Å²) in [6.45, 7) is 0.624. The fourth-order valence-corrected chi connectivity index (χ4v) is 1.93. The Morgan fingerprint density at radius 3 is 2.44 bits per heavy atom. The standard InChI is InChI=1S/C12H14F3NO2/c13-12(14,15)8-1-3-10(4-2-8)18-11-5-9(7-17)16-6-11/h1-4,9,11,16-17H,5-7H2/t9-,11+/m0/s1. The van der Waals surface area contributed by atoms with Crippen LogP contribution in [-0.4, -0.2) is 30.4 Å². The molecule has 0 radical (unpaired) electrons. The Morgan fingerprint density at radius 2 is 1.94 bits per heavy atom. The van der Waals surface area contributed by atoms with E-state index in [4.69, 9.17) is 9.84 Å². The van der Waals surface area contributed by atoms with E-state index in [9.17, 15) is 13.2 Å². The normalized spacial score (nSPS) is 24.2. The topological polar surface area (TPSA) is 41.5 Å². The van der Waals surface area contributed by atoms with Crippen LogP contribution in [0.3, 0.4) is 0 Å². The first-order valence-electron chi connectivity index (χ1n) is 5.67. The van der Waals surface area contributed by atoms with E-state index in [1.165, 1.54) is 12.1 Å². The third-order valence-corrected chi connectivity index (χ3v) is 2.89. The summed E-state index contributed by atoms with van der Waals surface area (Å²) in [6, 6.07) is 4.64. The number of nitrogens with one attached hydrogen (secondary N) is 1. The van der Waals surface area contributed by atoms with E-state index in [2.05, 4.69) is 5.32 Å². The molecule has 1 aromatic carbocycles. The maximum absolute atomic E-state index is 12.3. The second-order valence-corrected chi connectivity index (χ2v) is 4.29. The maximum Gasteiger partial charge on any atom is 0.416 e. The molecule has 18 heavy (non-hydrogen) atoms. The van der Waals surface area contributed by atoms with Crippen molar-refractivity contribution in [2.75, 3.05) is 13.2 Å². The fraction of sp³-hybridized carbons (Fsp3) is 0.500. The van der Waals surface area contributed by atoms with Gasteiger partial charge < -0.3 is 15.2 Å². The largest absolute Gasteiger partial charge is 0.489 e. The van der Waals surface area contributed by atoms with Gasteiger partial charge in [-0.3, -0.25) is 0 Å². The molecule has 1 heterocycles. The molecule has 0 aliphatic carbocycles. The van der Waals surface area contributed by atoms with Crippen LogP contribution >= 0.6 is 0 Å². The van der Waals surface area contributed by atoms with Crippen LogP contribution in [0.5, 0.6) is 5.75 Å². The number of halogens is 3. The average molecular weight is 261 g/mol. The van der Waals surface area contributed by atoms with Crippen LogP contribution in [0.2, 0.25) is 0 Å². The minimum atomic E-state index is -4.32. The molecule has 0 saturated carbocycles. The number of rotatable bonds is 3. The van der Waals surface area contributed by atoms with Crippen LogP contribution < -0.4 is 10.1 Å². The number of hydrogen-bond acceptors (Lipinski definition) is 3. The van der Waals surface area contributed by atoms with Crippen molar-refractivity contribution in [3.05, 3.63) is 29.8 Å². The van der Waals surface area contributed by atoms with Gasteiger partial charge in [-0.25, -0.2) is 0 Å². The molecule has 0 bridgehead atoms. The zero-order chi connectivity index (χ0) is 13.2. The van der Waals surface area contributed by atoms with Gasteiger partial charge in [0.05, 0.1) is 12.2 Å². The zero-order valence-electron chi connectivity index (χ0n) is 9.57. The van der Waals surface area contributed by atoms with Gasteiger partial charge in [0.2, 0.25) is 0 Å². The minimum Gasteiger partial charge on any atom is -0.489 e. The Morgan fingerprint density at radius 1 is 1.28 bits per heavy atom. The summed E-state index contributed by atoms with van der Waals surface area (Å²) >= 11 is 0. The highest BCUT2D eigenvalue weighted by Crippen LogP contribution is 2.30. The molecule has 100 valence electrons. The number of benzene rings is 1. The second-order valence-electron chi connectivity index (χ2n) is 4.29. The quantitative estimate of drug-likeness (QED) is 0.872. The van der Waals surface area contributed by atoms with Crippen LogP contribution in [0, 0.1) is 0 Å². The molecule has 1 aliphatic rings. The van der Waals surface area contributed by atoms with Crippen molar-refractivity contribution >= 4 is 0 Å². The van der Waals surface area contributed by atoms with E-state index in [0.717, 1.165) is 12.1 Å². The molecule has 1 fully saturated rings. The summed E-state index contributed by atoms with van der Waals surface area (Å²) in [5, 5.41) is 12.0. The summed E-state index contributed by atoms with van der Waals surface area (Å²) in [7, 11) is 0. The van der Waals surface area contributed by atoms with Crippen molar-refractivity contribution in [3.8, 4) is 5.75 Å². The molecule has 0 aromatic heterocycles. The number of alkyl halides is 3. The molecule has 0 unspecified atom stereocenters. The van der Waals surface area contributed by atoms with E-state index in [1.807, 2.05) is 0 Å². The summed E-state index contributed by atoms with van der Waals surface area (Å²) in [5.41, 5.74) is -0.687. The lowest BCUT2D eigenvalue weighted by Gasteiger charge is -2.13. The summed E-state index contributed by atoms with van der Waals surface area (Å²) in [6.07, 6.45) is -3.79. The molecule has 2 rings (SSSR count). The average Bonchev–Trinajstić information content (AvgIpc) is 2.76. The van der Waals surface area contributed by atoms with E-state index in [-0.39, 0.29) is 18.8 Å². The predicted octanol–water partition coefficient (Wildman–Crippen LogP) is 1.81. The highest BCUT2D eigenvalue weighted by molar-refractivity contribution is 5.29. The van der Waals surface area contributed by atoms with E-state index >= 15 is 0 Å². The molecule has 2 N–H and O–H groups in total. The summed E-state index contributed by atoms with van der Waals surface area (Å²) < 4.78 is 42.6. The first-order chi connectivity index (χ1) is 8.49. The number of aliphatic hydroxyl groups excluding tert-OH is 1. The van der Waals surface area contributed by atoms with Gasteiger partial charge in [0, 0.05) is 19.0 Å².